The third kappa shape index (κ3) is 10.8. The molecule has 1 aromatic heterocycles. The van der Waals surface area contributed by atoms with Crippen LogP contribution in [0.2, 0.25) is 0 Å². The second-order valence-electron chi connectivity index (χ2n) is 13.8. The van der Waals surface area contributed by atoms with Gasteiger partial charge in [0.15, 0.2) is 6.04 Å². The number of pyridine rings is 1. The number of hydrogen-bond acceptors (Lipinski definition) is 11. The van der Waals surface area contributed by atoms with E-state index in [0.717, 1.165) is 10.4 Å². The van der Waals surface area contributed by atoms with Gasteiger partial charge in [-0.3, -0.25) is 15.3 Å². The van der Waals surface area contributed by atoms with E-state index in [-0.39, 0.29) is 30.9 Å². The maximum Gasteiger partial charge on any atom is 0.439 e. The van der Waals surface area contributed by atoms with Crippen LogP contribution < -0.4 is 15.1 Å². The molecule has 3 amide bonds. The number of rotatable bonds is 11. The molecule has 0 saturated carbocycles. The summed E-state index contributed by atoms with van der Waals surface area (Å²) in [5.74, 6) is -1.11. The molecule has 0 aliphatic heterocycles. The number of aliphatic carboxylic acids is 1. The Labute approximate surface area is 307 Å². The van der Waals surface area contributed by atoms with E-state index in [1.807, 2.05) is 6.07 Å². The molecule has 278 valence electrons. The summed E-state index contributed by atoms with van der Waals surface area (Å²) in [6.45, 7) is 11.6. The Bertz CT molecular complexity index is 1990. The van der Waals surface area contributed by atoms with Crippen LogP contribution in [0.15, 0.2) is 79.1 Å². The predicted octanol–water partition coefficient (Wildman–Crippen LogP) is 8.02. The fourth-order valence-electron chi connectivity index (χ4n) is 5.15. The summed E-state index contributed by atoms with van der Waals surface area (Å²) in [5.41, 5.74) is -0.462. The lowest BCUT2D eigenvalue weighted by atomic mass is 10.0. The first-order valence-corrected chi connectivity index (χ1v) is 16.8. The second-order valence-corrected chi connectivity index (χ2v) is 13.8. The number of nitrogens with one attached hydrogen (secondary N) is 1. The van der Waals surface area contributed by atoms with Gasteiger partial charge in [-0.2, -0.15) is 5.26 Å². The van der Waals surface area contributed by atoms with Crippen molar-refractivity contribution in [3.05, 3.63) is 95.8 Å². The number of nitriles is 1. The van der Waals surface area contributed by atoms with Crippen molar-refractivity contribution in [3.63, 3.8) is 0 Å². The van der Waals surface area contributed by atoms with Gasteiger partial charge in [-0.25, -0.2) is 19.2 Å². The summed E-state index contributed by atoms with van der Waals surface area (Å²) >= 11 is 0. The largest absolute Gasteiger partial charge is 0.494 e. The molecule has 14 heteroatoms. The van der Waals surface area contributed by atoms with Crippen LogP contribution in [0.3, 0.4) is 0 Å². The van der Waals surface area contributed by atoms with E-state index in [2.05, 4.69) is 10.3 Å². The zero-order valence-corrected chi connectivity index (χ0v) is 30.7. The Kier molecular flexibility index (Phi) is 12.5. The average molecular weight is 726 g/mol. The Balaban J connectivity index is 1.76. The van der Waals surface area contributed by atoms with Gasteiger partial charge in [-0.1, -0.05) is 24.3 Å². The van der Waals surface area contributed by atoms with Crippen molar-refractivity contribution in [1.29, 1.82) is 5.26 Å². The molecule has 53 heavy (non-hydrogen) atoms. The maximum atomic E-state index is 13.9. The monoisotopic (exact) mass is 725 g/mol. The number of carboxylic acids is 1. The number of carbonyl (C=O) groups excluding carboxylic acids is 3. The lowest BCUT2D eigenvalue weighted by Crippen LogP contribution is -2.56. The number of carboxylic acid groups (broad SMARTS) is 1. The molecule has 0 fully saturated rings. The van der Waals surface area contributed by atoms with Crippen molar-refractivity contribution < 1.29 is 43.2 Å². The fraction of sp³-hybridized carbons (Fsp3) is 0.333. The van der Waals surface area contributed by atoms with Crippen molar-refractivity contribution in [2.75, 3.05) is 23.5 Å². The first kappa shape index (κ1) is 39.4. The van der Waals surface area contributed by atoms with Gasteiger partial charge in [0.2, 0.25) is 0 Å². The van der Waals surface area contributed by atoms with Crippen LogP contribution in [0, 0.1) is 11.3 Å². The molecule has 1 heterocycles. The van der Waals surface area contributed by atoms with E-state index in [1.54, 1.807) is 109 Å². The number of benzene rings is 3. The Morgan fingerprint density at radius 1 is 0.906 bits per heavy atom. The van der Waals surface area contributed by atoms with Crippen molar-refractivity contribution in [1.82, 2.24) is 9.99 Å². The van der Waals surface area contributed by atoms with Gasteiger partial charge in [-0.05, 0) is 107 Å². The SMILES string of the molecule is CCOc1cc(C(C(=O)O)N(c2ccc3cnccc3c2)N(C(=O)OC(C)(C)C)C(=O)OC(C)(C)C)ccc1CCOC(=O)Nc1cccc(C#N)c1. The summed E-state index contributed by atoms with van der Waals surface area (Å²) in [6.07, 6.45) is 0.338. The maximum absolute atomic E-state index is 13.9. The number of anilines is 2. The van der Waals surface area contributed by atoms with E-state index in [4.69, 9.17) is 24.2 Å². The van der Waals surface area contributed by atoms with Gasteiger partial charge < -0.3 is 24.1 Å². The second kappa shape index (κ2) is 16.8. The first-order valence-electron chi connectivity index (χ1n) is 16.8. The first-order chi connectivity index (χ1) is 25.0. The number of amides is 3. The van der Waals surface area contributed by atoms with Gasteiger partial charge in [0.1, 0.15) is 17.0 Å². The third-order valence-electron chi connectivity index (χ3n) is 7.26. The third-order valence-corrected chi connectivity index (χ3v) is 7.26. The van der Waals surface area contributed by atoms with Crippen molar-refractivity contribution in [3.8, 4) is 11.8 Å². The highest BCUT2D eigenvalue weighted by Gasteiger charge is 2.43. The summed E-state index contributed by atoms with van der Waals surface area (Å²) in [6, 6.07) is 17.9. The number of fused-ring (bicyclic) bond motifs is 1. The van der Waals surface area contributed by atoms with Gasteiger partial charge >= 0.3 is 24.2 Å². The fourth-order valence-corrected chi connectivity index (χ4v) is 5.15. The molecular formula is C39H43N5O9. The van der Waals surface area contributed by atoms with E-state index in [1.165, 1.54) is 18.2 Å². The van der Waals surface area contributed by atoms with Gasteiger partial charge in [-0.15, -0.1) is 5.01 Å². The molecule has 14 nitrogen and oxygen atoms in total. The summed E-state index contributed by atoms with van der Waals surface area (Å²) in [4.78, 5) is 57.9. The molecule has 2 N–H and O–H groups in total. The number of hydrogen-bond donors (Lipinski definition) is 2. The molecule has 0 saturated heterocycles. The Morgan fingerprint density at radius 2 is 1.60 bits per heavy atom. The van der Waals surface area contributed by atoms with Gasteiger partial charge in [0, 0.05) is 29.9 Å². The molecule has 4 aromatic rings. The molecule has 4 rings (SSSR count). The van der Waals surface area contributed by atoms with E-state index < -0.39 is 41.5 Å². The van der Waals surface area contributed by atoms with E-state index >= 15 is 0 Å². The normalized spacial score (nSPS) is 11.8. The lowest BCUT2D eigenvalue weighted by molar-refractivity contribution is -0.139. The number of ether oxygens (including phenoxy) is 4. The highest BCUT2D eigenvalue weighted by molar-refractivity contribution is 5.94. The number of imide groups is 1. The topological polar surface area (TPSA) is 181 Å². The molecule has 0 spiro atoms. The predicted molar refractivity (Wildman–Crippen MR) is 196 cm³/mol. The molecule has 0 radical (unpaired) electrons. The molecule has 1 unspecified atom stereocenters. The summed E-state index contributed by atoms with van der Waals surface area (Å²) < 4.78 is 22.6. The van der Waals surface area contributed by atoms with Crippen LogP contribution >= 0.6 is 0 Å². The van der Waals surface area contributed by atoms with Crippen LogP contribution in [0.25, 0.3) is 10.8 Å². The van der Waals surface area contributed by atoms with Crippen molar-refractivity contribution >= 4 is 46.4 Å². The minimum atomic E-state index is -1.70. The highest BCUT2D eigenvalue weighted by Crippen LogP contribution is 2.36. The molecule has 0 aliphatic carbocycles. The van der Waals surface area contributed by atoms with Gasteiger partial charge in [0.25, 0.3) is 0 Å². The number of carbonyl (C=O) groups is 4. The zero-order chi connectivity index (χ0) is 38.9. The van der Waals surface area contributed by atoms with Crippen LogP contribution in [0.4, 0.5) is 25.8 Å². The smallest absolute Gasteiger partial charge is 0.439 e. The van der Waals surface area contributed by atoms with Crippen LogP contribution in [0.1, 0.15) is 71.2 Å². The molecule has 0 aliphatic rings. The average Bonchev–Trinajstić information content (AvgIpc) is 3.07. The number of nitrogens with zero attached hydrogens (tertiary/aromatic N) is 4. The minimum Gasteiger partial charge on any atom is -0.494 e. The number of aromatic nitrogens is 1. The van der Waals surface area contributed by atoms with E-state index in [0.29, 0.717) is 33.0 Å². The van der Waals surface area contributed by atoms with Crippen molar-refractivity contribution in [2.45, 2.75) is 72.1 Å². The summed E-state index contributed by atoms with van der Waals surface area (Å²) in [7, 11) is 0. The van der Waals surface area contributed by atoms with Crippen LogP contribution in [-0.2, 0) is 25.4 Å². The van der Waals surface area contributed by atoms with Crippen LogP contribution in [-0.4, -0.2) is 63.8 Å². The lowest BCUT2D eigenvalue weighted by Gasteiger charge is -2.39. The van der Waals surface area contributed by atoms with Crippen LogP contribution in [0.5, 0.6) is 5.75 Å². The highest BCUT2D eigenvalue weighted by atomic mass is 16.6. The van der Waals surface area contributed by atoms with Crippen molar-refractivity contribution in [2.24, 2.45) is 0 Å². The number of hydrazine groups is 1. The van der Waals surface area contributed by atoms with E-state index in [9.17, 15) is 24.3 Å². The molecule has 0 bridgehead atoms. The molecular weight excluding hydrogens is 682 g/mol. The standard InChI is InChI=1S/C39H43N5O9/c1-8-50-32-22-28(13-12-26(32)17-19-51-35(47)42-30-11-9-10-25(20-30)23-40)33(34(45)46)43(31-15-14-29-24-41-18-16-27(29)21-31)44(36(48)52-38(2,3)4)37(49)53-39(5,6)7/h9-16,18,20-22,24,33H,8,17,19H2,1-7H3,(H,42,47)(H,45,46). The Hall–Kier alpha value is -6.36. The summed E-state index contributed by atoms with van der Waals surface area (Å²) in [5, 5.41) is 25.6. The zero-order valence-electron chi connectivity index (χ0n) is 30.7. The minimum absolute atomic E-state index is 0.0608. The van der Waals surface area contributed by atoms with Gasteiger partial charge in [0.05, 0.1) is 30.5 Å². The quantitative estimate of drug-likeness (QED) is 0.112. The Morgan fingerprint density at radius 3 is 2.23 bits per heavy atom. The molecule has 1 atom stereocenters. The molecule has 3 aromatic carbocycles.